The summed E-state index contributed by atoms with van der Waals surface area (Å²) in [6.07, 6.45) is 2.16. The number of carbonyl (C=O) groups excluding carboxylic acids is 1. The Kier molecular flexibility index (Phi) is 4.71. The van der Waals surface area contributed by atoms with E-state index in [-0.39, 0.29) is 25.4 Å². The zero-order valence-corrected chi connectivity index (χ0v) is 14.9. The van der Waals surface area contributed by atoms with Crippen LogP contribution in [0.25, 0.3) is 0 Å². The number of aryl methyl sites for hydroxylation is 1. The predicted molar refractivity (Wildman–Crippen MR) is 93.0 cm³/mol. The first kappa shape index (κ1) is 17.3. The van der Waals surface area contributed by atoms with Gasteiger partial charge in [-0.2, -0.15) is 0 Å². The zero-order chi connectivity index (χ0) is 18.0. The number of benzene rings is 1. The maximum atomic E-state index is 12.4. The van der Waals surface area contributed by atoms with Gasteiger partial charge in [0.2, 0.25) is 10.0 Å². The number of sulfonamides is 1. The molecule has 8 heteroatoms. The van der Waals surface area contributed by atoms with Gasteiger partial charge in [-0.05, 0) is 36.8 Å². The molecule has 0 fully saturated rings. The molecule has 0 spiro atoms. The molecule has 7 nitrogen and oxygen atoms in total. The van der Waals surface area contributed by atoms with Gasteiger partial charge in [-0.15, -0.1) is 0 Å². The van der Waals surface area contributed by atoms with Crippen molar-refractivity contribution < 1.29 is 22.4 Å². The molecule has 1 aliphatic rings. The van der Waals surface area contributed by atoms with E-state index in [9.17, 15) is 13.2 Å². The molecule has 0 unspecified atom stereocenters. The summed E-state index contributed by atoms with van der Waals surface area (Å²) in [7, 11) is -3.47. The molecular formula is C17H20N2O5S. The van der Waals surface area contributed by atoms with Crippen molar-refractivity contribution in [1.29, 1.82) is 0 Å². The van der Waals surface area contributed by atoms with Gasteiger partial charge in [0.05, 0.1) is 24.8 Å². The topological polar surface area (TPSA) is 88.9 Å². The second kappa shape index (κ2) is 6.79. The lowest BCUT2D eigenvalue weighted by Crippen LogP contribution is -2.39. The zero-order valence-electron chi connectivity index (χ0n) is 14.1. The van der Waals surface area contributed by atoms with Crippen LogP contribution in [0.3, 0.4) is 0 Å². The number of nitrogens with zero attached hydrogens (tertiary/aromatic N) is 1. The van der Waals surface area contributed by atoms with Gasteiger partial charge in [0.15, 0.2) is 6.10 Å². The number of amides is 1. The lowest BCUT2D eigenvalue weighted by atomic mass is 10.2. The third kappa shape index (κ3) is 3.96. The fourth-order valence-corrected chi connectivity index (χ4v) is 3.66. The second-order valence-electron chi connectivity index (χ2n) is 6.00. The largest absolute Gasteiger partial charge is 0.478 e. The Morgan fingerprint density at radius 3 is 2.84 bits per heavy atom. The van der Waals surface area contributed by atoms with Crippen molar-refractivity contribution in [2.24, 2.45) is 0 Å². The standard InChI is InChI=1S/C17H20N2O5S/c1-12-5-6-15-14(10-12)19(25(2,21)22)8-7-16(24-15)17(20)18-11-13-4-3-9-23-13/h3-6,9-10,16H,7-8,11H2,1-2H3,(H,18,20)/t16-/m0/s1. The van der Waals surface area contributed by atoms with Crippen LogP contribution in [0.1, 0.15) is 17.7 Å². The molecule has 1 N–H and O–H groups in total. The SMILES string of the molecule is Cc1ccc2c(c1)N(S(C)(=O)=O)CC[C@@H](C(=O)NCc1ccco1)O2. The number of furan rings is 1. The Bertz CT molecular complexity index is 861. The molecule has 134 valence electrons. The third-order valence-corrected chi connectivity index (χ3v) is 5.14. The number of ether oxygens (including phenoxy) is 1. The van der Waals surface area contributed by atoms with Crippen molar-refractivity contribution >= 4 is 21.6 Å². The molecule has 1 amide bonds. The van der Waals surface area contributed by atoms with Crippen LogP contribution in [-0.4, -0.2) is 33.2 Å². The lowest BCUT2D eigenvalue weighted by molar-refractivity contribution is -0.128. The van der Waals surface area contributed by atoms with E-state index in [1.807, 2.05) is 13.0 Å². The van der Waals surface area contributed by atoms with E-state index in [0.717, 1.165) is 11.8 Å². The van der Waals surface area contributed by atoms with Crippen LogP contribution in [0.5, 0.6) is 5.75 Å². The molecule has 1 atom stereocenters. The Labute approximate surface area is 146 Å². The van der Waals surface area contributed by atoms with Gasteiger partial charge in [0.1, 0.15) is 11.5 Å². The van der Waals surface area contributed by atoms with Crippen molar-refractivity contribution in [3.8, 4) is 5.75 Å². The second-order valence-corrected chi connectivity index (χ2v) is 7.91. The fourth-order valence-electron chi connectivity index (χ4n) is 2.72. The normalized spacial score (nSPS) is 17.4. The van der Waals surface area contributed by atoms with Crippen LogP contribution in [0.4, 0.5) is 5.69 Å². The predicted octanol–water partition coefficient (Wildman–Crippen LogP) is 1.82. The highest BCUT2D eigenvalue weighted by atomic mass is 32.2. The maximum Gasteiger partial charge on any atom is 0.261 e. The molecule has 1 aliphatic heterocycles. The molecule has 0 saturated carbocycles. The van der Waals surface area contributed by atoms with E-state index in [1.165, 1.54) is 10.6 Å². The monoisotopic (exact) mass is 364 g/mol. The van der Waals surface area contributed by atoms with Gasteiger partial charge in [0, 0.05) is 13.0 Å². The number of carbonyl (C=O) groups is 1. The molecular weight excluding hydrogens is 344 g/mol. The molecule has 3 rings (SSSR count). The van der Waals surface area contributed by atoms with Gasteiger partial charge in [-0.3, -0.25) is 9.10 Å². The Balaban J connectivity index is 1.81. The van der Waals surface area contributed by atoms with Crippen LogP contribution in [0.2, 0.25) is 0 Å². The minimum Gasteiger partial charge on any atom is -0.478 e. The molecule has 25 heavy (non-hydrogen) atoms. The van der Waals surface area contributed by atoms with Crippen LogP contribution < -0.4 is 14.4 Å². The maximum absolute atomic E-state index is 12.4. The molecule has 2 heterocycles. The molecule has 0 radical (unpaired) electrons. The van der Waals surface area contributed by atoms with Crippen LogP contribution in [0.15, 0.2) is 41.0 Å². The van der Waals surface area contributed by atoms with E-state index in [1.54, 1.807) is 24.3 Å². The van der Waals surface area contributed by atoms with E-state index in [2.05, 4.69) is 5.32 Å². The van der Waals surface area contributed by atoms with Gasteiger partial charge < -0.3 is 14.5 Å². The third-order valence-electron chi connectivity index (χ3n) is 3.96. The molecule has 1 aromatic heterocycles. The number of anilines is 1. The smallest absolute Gasteiger partial charge is 0.261 e. The van der Waals surface area contributed by atoms with E-state index in [4.69, 9.17) is 9.15 Å². The van der Waals surface area contributed by atoms with Crippen LogP contribution in [0, 0.1) is 6.92 Å². The van der Waals surface area contributed by atoms with Crippen LogP contribution in [-0.2, 0) is 21.4 Å². The highest BCUT2D eigenvalue weighted by Gasteiger charge is 2.31. The molecule has 0 bridgehead atoms. The molecule has 2 aromatic rings. The minimum atomic E-state index is -3.47. The summed E-state index contributed by atoms with van der Waals surface area (Å²) < 4.78 is 36.5. The summed E-state index contributed by atoms with van der Waals surface area (Å²) in [6.45, 7) is 2.30. The van der Waals surface area contributed by atoms with Crippen molar-refractivity contribution in [3.05, 3.63) is 47.9 Å². The Morgan fingerprint density at radius 1 is 1.36 bits per heavy atom. The number of hydrogen-bond acceptors (Lipinski definition) is 5. The van der Waals surface area contributed by atoms with E-state index >= 15 is 0 Å². The first-order valence-corrected chi connectivity index (χ1v) is 9.74. The average Bonchev–Trinajstić information content (AvgIpc) is 2.98. The fraction of sp³-hybridized carbons (Fsp3) is 0.353. The number of hydrogen-bond donors (Lipinski definition) is 1. The number of rotatable bonds is 4. The number of fused-ring (bicyclic) bond motifs is 1. The van der Waals surface area contributed by atoms with Crippen LogP contribution >= 0.6 is 0 Å². The van der Waals surface area contributed by atoms with Gasteiger partial charge in [0.25, 0.3) is 5.91 Å². The highest BCUT2D eigenvalue weighted by molar-refractivity contribution is 7.92. The van der Waals surface area contributed by atoms with Gasteiger partial charge in [-0.1, -0.05) is 6.07 Å². The summed E-state index contributed by atoms with van der Waals surface area (Å²) in [5.74, 6) is 0.709. The molecule has 0 saturated heterocycles. The summed E-state index contributed by atoms with van der Waals surface area (Å²) >= 11 is 0. The first-order chi connectivity index (χ1) is 11.8. The number of nitrogens with one attached hydrogen (secondary N) is 1. The quantitative estimate of drug-likeness (QED) is 0.894. The van der Waals surface area contributed by atoms with E-state index in [0.29, 0.717) is 17.2 Å². The van der Waals surface area contributed by atoms with Gasteiger partial charge in [-0.25, -0.2) is 8.42 Å². The summed E-state index contributed by atoms with van der Waals surface area (Å²) in [5.41, 5.74) is 1.38. The molecule has 0 aliphatic carbocycles. The summed E-state index contributed by atoms with van der Waals surface area (Å²) in [4.78, 5) is 12.4. The summed E-state index contributed by atoms with van der Waals surface area (Å²) in [6, 6.07) is 8.77. The van der Waals surface area contributed by atoms with Crippen molar-refractivity contribution in [2.45, 2.75) is 26.0 Å². The lowest BCUT2D eigenvalue weighted by Gasteiger charge is -2.21. The van der Waals surface area contributed by atoms with Crippen molar-refractivity contribution in [3.63, 3.8) is 0 Å². The summed E-state index contributed by atoms with van der Waals surface area (Å²) in [5, 5.41) is 2.75. The molecule has 1 aromatic carbocycles. The van der Waals surface area contributed by atoms with Gasteiger partial charge >= 0.3 is 0 Å². The Morgan fingerprint density at radius 2 is 2.16 bits per heavy atom. The van der Waals surface area contributed by atoms with Crippen molar-refractivity contribution in [2.75, 3.05) is 17.1 Å². The Hall–Kier alpha value is -2.48. The van der Waals surface area contributed by atoms with Crippen molar-refractivity contribution in [1.82, 2.24) is 5.32 Å². The average molecular weight is 364 g/mol. The highest BCUT2D eigenvalue weighted by Crippen LogP contribution is 2.35. The van der Waals surface area contributed by atoms with E-state index < -0.39 is 16.1 Å². The minimum absolute atomic E-state index is 0.175. The first-order valence-electron chi connectivity index (χ1n) is 7.90.